The smallest absolute Gasteiger partial charge is 0.284 e. The number of amides is 3. The Labute approximate surface area is 274 Å². The summed E-state index contributed by atoms with van der Waals surface area (Å²) in [7, 11) is 0. The van der Waals surface area contributed by atoms with Gasteiger partial charge in [0, 0.05) is 57.2 Å². The standard InChI is InChI=1S/C32H36F2N10O4/c33-29(34)28-25(37-31(46)23-17-35-43-12-9-26(38-30(23)43)42-13-15-48-16-14-42)19-44(40-28)22-7-10-41(11-8-22)18-20-1-3-21(4-2-20)36-24-5-6-27(45)39-32(24)47/h1-4,9,12,17,19,22,24,29,36H,5-8,10-11,13-16,18H2,(H,37,46)(H,39,45,47). The van der Waals surface area contributed by atoms with Gasteiger partial charge in [0.2, 0.25) is 11.8 Å². The summed E-state index contributed by atoms with van der Waals surface area (Å²) in [6, 6.07) is 9.12. The quantitative estimate of drug-likeness (QED) is 0.228. The van der Waals surface area contributed by atoms with Crippen molar-refractivity contribution in [1.82, 2.24) is 34.6 Å². The van der Waals surface area contributed by atoms with E-state index in [1.165, 1.54) is 16.9 Å². The van der Waals surface area contributed by atoms with Gasteiger partial charge in [0.1, 0.15) is 17.4 Å². The molecule has 3 fully saturated rings. The average Bonchev–Trinajstić information content (AvgIpc) is 3.72. The molecule has 48 heavy (non-hydrogen) atoms. The van der Waals surface area contributed by atoms with Gasteiger partial charge in [-0.1, -0.05) is 12.1 Å². The molecule has 3 aliphatic rings. The Morgan fingerprint density at radius 3 is 2.54 bits per heavy atom. The number of ether oxygens (including phenoxy) is 1. The number of morpholine rings is 1. The number of anilines is 3. The zero-order chi connectivity index (χ0) is 33.2. The maximum atomic E-state index is 14.1. The lowest BCUT2D eigenvalue weighted by Gasteiger charge is -2.32. The van der Waals surface area contributed by atoms with Crippen LogP contribution in [0.15, 0.2) is 48.9 Å². The van der Waals surface area contributed by atoms with Crippen molar-refractivity contribution in [3.05, 3.63) is 65.7 Å². The van der Waals surface area contributed by atoms with Crippen LogP contribution in [0.3, 0.4) is 0 Å². The predicted octanol–water partition coefficient (Wildman–Crippen LogP) is 3.01. The van der Waals surface area contributed by atoms with Crippen LogP contribution < -0.4 is 20.9 Å². The zero-order valence-corrected chi connectivity index (χ0v) is 26.1. The number of fused-ring (bicyclic) bond motifs is 1. The minimum Gasteiger partial charge on any atom is -0.378 e. The summed E-state index contributed by atoms with van der Waals surface area (Å²) in [5.41, 5.74) is 1.90. The van der Waals surface area contributed by atoms with E-state index in [0.29, 0.717) is 63.5 Å². The highest BCUT2D eigenvalue weighted by atomic mass is 19.3. The normalized spacial score (nSPS) is 19.6. The molecular formula is C32H36F2N10O4. The van der Waals surface area contributed by atoms with E-state index < -0.39 is 24.1 Å². The van der Waals surface area contributed by atoms with E-state index in [-0.39, 0.29) is 29.1 Å². The van der Waals surface area contributed by atoms with Crippen LogP contribution in [0, 0.1) is 0 Å². The summed E-state index contributed by atoms with van der Waals surface area (Å²) in [6.07, 6.45) is 3.90. The van der Waals surface area contributed by atoms with Crippen LogP contribution in [0.5, 0.6) is 0 Å². The van der Waals surface area contributed by atoms with Crippen LogP contribution in [0.4, 0.5) is 26.0 Å². The number of nitrogens with zero attached hydrogens (tertiary/aromatic N) is 7. The Morgan fingerprint density at radius 2 is 1.81 bits per heavy atom. The van der Waals surface area contributed by atoms with Gasteiger partial charge in [-0.3, -0.25) is 29.3 Å². The second-order valence-electron chi connectivity index (χ2n) is 12.2. The number of aromatic nitrogens is 5. The van der Waals surface area contributed by atoms with E-state index >= 15 is 0 Å². The fraction of sp³-hybridized carbons (Fsp3) is 0.438. The van der Waals surface area contributed by atoms with Crippen molar-refractivity contribution in [2.75, 3.05) is 54.9 Å². The molecule has 4 aromatic rings. The molecule has 1 unspecified atom stereocenters. The minimum absolute atomic E-state index is 0.0351. The van der Waals surface area contributed by atoms with E-state index in [2.05, 4.69) is 40.9 Å². The topological polar surface area (TPSA) is 151 Å². The second kappa shape index (κ2) is 13.6. The molecule has 1 atom stereocenters. The van der Waals surface area contributed by atoms with Gasteiger partial charge < -0.3 is 20.3 Å². The van der Waals surface area contributed by atoms with Crippen LogP contribution in [-0.2, 0) is 20.9 Å². The molecule has 6 heterocycles. The largest absolute Gasteiger partial charge is 0.378 e. The molecule has 3 N–H and O–H groups in total. The molecule has 0 spiro atoms. The number of hydrogen-bond donors (Lipinski definition) is 3. The first kappa shape index (κ1) is 31.6. The molecule has 0 aliphatic carbocycles. The number of halogens is 2. The Bertz CT molecular complexity index is 1800. The number of carbonyl (C=O) groups is 3. The Balaban J connectivity index is 0.964. The van der Waals surface area contributed by atoms with E-state index in [1.54, 1.807) is 10.9 Å². The number of likely N-dealkylation sites (tertiary alicyclic amines) is 1. The first-order chi connectivity index (χ1) is 23.3. The third-order valence-electron chi connectivity index (χ3n) is 9.02. The van der Waals surface area contributed by atoms with Gasteiger partial charge in [0.05, 0.1) is 31.1 Å². The van der Waals surface area contributed by atoms with Crippen molar-refractivity contribution < 1.29 is 27.9 Å². The number of rotatable bonds is 9. The molecule has 0 saturated carbocycles. The monoisotopic (exact) mass is 662 g/mol. The maximum absolute atomic E-state index is 14.1. The number of carbonyl (C=O) groups excluding carboxylic acids is 3. The van der Waals surface area contributed by atoms with Gasteiger partial charge >= 0.3 is 0 Å². The number of alkyl halides is 2. The minimum atomic E-state index is -2.87. The lowest BCUT2D eigenvalue weighted by Crippen LogP contribution is -2.47. The van der Waals surface area contributed by atoms with E-state index in [0.717, 1.165) is 30.9 Å². The molecule has 3 amide bonds. The summed E-state index contributed by atoms with van der Waals surface area (Å²) in [6.45, 7) is 4.72. The van der Waals surface area contributed by atoms with Crippen LogP contribution in [0.1, 0.15) is 59.8 Å². The van der Waals surface area contributed by atoms with Crippen LogP contribution in [0.25, 0.3) is 5.65 Å². The van der Waals surface area contributed by atoms with E-state index in [9.17, 15) is 23.2 Å². The van der Waals surface area contributed by atoms with Gasteiger partial charge in [0.25, 0.3) is 12.3 Å². The lowest BCUT2D eigenvalue weighted by atomic mass is 10.0. The van der Waals surface area contributed by atoms with Crippen molar-refractivity contribution >= 4 is 40.6 Å². The average molecular weight is 663 g/mol. The SMILES string of the molecule is O=C1CCC(Nc2ccc(CN3CCC(n4cc(NC(=O)c5cnn6ccc(N7CCOCC7)nc56)c(C(F)F)n4)CC3)cc2)C(=O)N1. The molecule has 1 aromatic carbocycles. The highest BCUT2D eigenvalue weighted by molar-refractivity contribution is 6.08. The molecule has 252 valence electrons. The van der Waals surface area contributed by atoms with Crippen LogP contribution in [0.2, 0.25) is 0 Å². The Kier molecular flexibility index (Phi) is 8.99. The fourth-order valence-corrected chi connectivity index (χ4v) is 6.37. The van der Waals surface area contributed by atoms with Gasteiger partial charge in [-0.25, -0.2) is 18.3 Å². The zero-order valence-electron chi connectivity index (χ0n) is 26.1. The van der Waals surface area contributed by atoms with Crippen LogP contribution >= 0.6 is 0 Å². The third kappa shape index (κ3) is 6.85. The first-order valence-electron chi connectivity index (χ1n) is 16.1. The fourth-order valence-electron chi connectivity index (χ4n) is 6.37. The number of hydrogen-bond acceptors (Lipinski definition) is 10. The maximum Gasteiger partial charge on any atom is 0.284 e. The molecule has 3 aliphatic heterocycles. The molecular weight excluding hydrogens is 626 g/mol. The molecule has 3 aromatic heterocycles. The molecule has 3 saturated heterocycles. The molecule has 16 heteroatoms. The summed E-state index contributed by atoms with van der Waals surface area (Å²) >= 11 is 0. The number of nitrogens with one attached hydrogen (secondary N) is 3. The van der Waals surface area contributed by atoms with Gasteiger partial charge in [0.15, 0.2) is 11.3 Å². The molecule has 14 nitrogen and oxygen atoms in total. The van der Waals surface area contributed by atoms with Crippen molar-refractivity contribution in [1.29, 1.82) is 0 Å². The predicted molar refractivity (Wildman–Crippen MR) is 171 cm³/mol. The van der Waals surface area contributed by atoms with Crippen molar-refractivity contribution in [3.63, 3.8) is 0 Å². The van der Waals surface area contributed by atoms with Crippen molar-refractivity contribution in [2.45, 2.75) is 50.7 Å². The van der Waals surface area contributed by atoms with E-state index in [4.69, 9.17) is 4.74 Å². The number of piperidine rings is 2. The van der Waals surface area contributed by atoms with Crippen molar-refractivity contribution in [2.24, 2.45) is 0 Å². The highest BCUT2D eigenvalue weighted by Crippen LogP contribution is 2.31. The van der Waals surface area contributed by atoms with Gasteiger partial charge in [-0.2, -0.15) is 10.2 Å². The van der Waals surface area contributed by atoms with Crippen molar-refractivity contribution in [3.8, 4) is 0 Å². The summed E-state index contributed by atoms with van der Waals surface area (Å²) in [4.78, 5) is 45.8. The number of imide groups is 1. The molecule has 7 rings (SSSR count). The Morgan fingerprint density at radius 1 is 1.04 bits per heavy atom. The lowest BCUT2D eigenvalue weighted by molar-refractivity contribution is -0.133. The first-order valence-corrected chi connectivity index (χ1v) is 16.1. The summed E-state index contributed by atoms with van der Waals surface area (Å²) in [5, 5.41) is 16.6. The third-order valence-corrected chi connectivity index (χ3v) is 9.02. The second-order valence-corrected chi connectivity index (χ2v) is 12.2. The summed E-state index contributed by atoms with van der Waals surface area (Å²) in [5.74, 6) is -0.465. The molecule has 0 radical (unpaired) electrons. The summed E-state index contributed by atoms with van der Waals surface area (Å²) < 4.78 is 36.6. The number of benzene rings is 1. The van der Waals surface area contributed by atoms with Gasteiger partial charge in [-0.15, -0.1) is 0 Å². The van der Waals surface area contributed by atoms with Gasteiger partial charge in [-0.05, 0) is 43.0 Å². The Hall–Kier alpha value is -4.96. The highest BCUT2D eigenvalue weighted by Gasteiger charge is 2.28. The van der Waals surface area contributed by atoms with E-state index in [1.807, 2.05) is 30.3 Å². The van der Waals surface area contributed by atoms with Crippen LogP contribution in [-0.4, -0.2) is 92.4 Å². The molecule has 0 bridgehead atoms.